The van der Waals surface area contributed by atoms with E-state index in [-0.39, 0.29) is 18.1 Å². The molecule has 0 radical (unpaired) electrons. The number of carbonyl (C=O) groups is 2. The summed E-state index contributed by atoms with van der Waals surface area (Å²) < 4.78 is 5.10. The number of carboxylic acids is 1. The van der Waals surface area contributed by atoms with E-state index in [1.807, 2.05) is 0 Å². The van der Waals surface area contributed by atoms with Crippen LogP contribution in [0.15, 0.2) is 22.3 Å². The molecule has 2 aliphatic carbocycles. The van der Waals surface area contributed by atoms with Gasteiger partial charge in [0.25, 0.3) is 0 Å². The van der Waals surface area contributed by atoms with Crippen molar-refractivity contribution >= 4 is 11.9 Å². The average molecular weight is 278 g/mol. The monoisotopic (exact) mass is 278 g/mol. The molecule has 0 aromatic rings. The molecule has 4 nitrogen and oxygen atoms in total. The molecule has 0 aliphatic heterocycles. The zero-order valence-electron chi connectivity index (χ0n) is 12.4. The highest BCUT2D eigenvalue weighted by atomic mass is 16.5. The van der Waals surface area contributed by atoms with E-state index in [1.54, 1.807) is 6.92 Å². The van der Waals surface area contributed by atoms with Crippen LogP contribution in [0.3, 0.4) is 0 Å². The fraction of sp³-hybridized carbons (Fsp3) is 0.625. The number of carboxylic acid groups (broad SMARTS) is 1. The normalized spacial score (nSPS) is 26.4. The van der Waals surface area contributed by atoms with E-state index in [0.29, 0.717) is 17.9 Å². The van der Waals surface area contributed by atoms with Gasteiger partial charge in [-0.25, -0.2) is 9.59 Å². The number of carbonyl (C=O) groups excluding carboxylic acids is 1. The molecule has 1 N–H and O–H groups in total. The van der Waals surface area contributed by atoms with Crippen LogP contribution < -0.4 is 0 Å². The van der Waals surface area contributed by atoms with E-state index in [9.17, 15) is 14.7 Å². The van der Waals surface area contributed by atoms with Crippen LogP contribution in [0, 0.1) is 11.8 Å². The number of hydrogen-bond donors (Lipinski definition) is 1. The molecular weight excluding hydrogens is 256 g/mol. The molecule has 2 unspecified atom stereocenters. The molecular formula is C16H22O4. The maximum absolute atomic E-state index is 12.2. The second-order valence-corrected chi connectivity index (χ2v) is 5.70. The molecule has 20 heavy (non-hydrogen) atoms. The summed E-state index contributed by atoms with van der Waals surface area (Å²) in [6.45, 7) is 6.24. The fourth-order valence-electron chi connectivity index (χ4n) is 3.39. The summed E-state index contributed by atoms with van der Waals surface area (Å²) in [5.41, 5.74) is 2.77. The number of allylic oxidation sites excluding steroid dienone is 1. The molecule has 0 saturated heterocycles. The molecule has 0 heterocycles. The Morgan fingerprint density at radius 3 is 2.45 bits per heavy atom. The van der Waals surface area contributed by atoms with E-state index in [1.165, 1.54) is 5.57 Å². The van der Waals surface area contributed by atoms with Gasteiger partial charge in [-0.3, -0.25) is 0 Å². The molecule has 110 valence electrons. The molecule has 4 heteroatoms. The van der Waals surface area contributed by atoms with Crippen LogP contribution in [0.1, 0.15) is 46.5 Å². The largest absolute Gasteiger partial charge is 0.478 e. The Morgan fingerprint density at radius 1 is 1.20 bits per heavy atom. The highest BCUT2D eigenvalue weighted by molar-refractivity contribution is 6.03. The lowest BCUT2D eigenvalue weighted by Crippen LogP contribution is -2.27. The van der Waals surface area contributed by atoms with Crippen molar-refractivity contribution in [1.29, 1.82) is 0 Å². The van der Waals surface area contributed by atoms with Crippen molar-refractivity contribution < 1.29 is 19.4 Å². The van der Waals surface area contributed by atoms with Gasteiger partial charge in [0, 0.05) is 0 Å². The number of hydrogen-bond acceptors (Lipinski definition) is 3. The molecule has 0 aromatic carbocycles. The van der Waals surface area contributed by atoms with Gasteiger partial charge in [-0.1, -0.05) is 19.4 Å². The van der Waals surface area contributed by atoms with Gasteiger partial charge in [-0.2, -0.15) is 0 Å². The highest BCUT2D eigenvalue weighted by Gasteiger charge is 2.36. The minimum atomic E-state index is -0.995. The van der Waals surface area contributed by atoms with Crippen LogP contribution in [0.25, 0.3) is 0 Å². The first-order valence-corrected chi connectivity index (χ1v) is 7.34. The topological polar surface area (TPSA) is 63.6 Å². The predicted molar refractivity (Wildman–Crippen MR) is 75.1 cm³/mol. The van der Waals surface area contributed by atoms with Gasteiger partial charge in [-0.15, -0.1) is 0 Å². The Kier molecular flexibility index (Phi) is 4.31. The third kappa shape index (κ3) is 2.51. The lowest BCUT2D eigenvalue weighted by atomic mass is 9.70. The molecule has 0 saturated carbocycles. The first kappa shape index (κ1) is 14.8. The molecule has 0 spiro atoms. The fourth-order valence-corrected chi connectivity index (χ4v) is 3.39. The summed E-state index contributed by atoms with van der Waals surface area (Å²) in [6, 6.07) is 0. The van der Waals surface area contributed by atoms with E-state index in [2.05, 4.69) is 13.8 Å². The first-order chi connectivity index (χ1) is 9.47. The second-order valence-electron chi connectivity index (χ2n) is 5.70. The summed E-state index contributed by atoms with van der Waals surface area (Å²) in [7, 11) is 0. The zero-order chi connectivity index (χ0) is 14.9. The van der Waals surface area contributed by atoms with Gasteiger partial charge in [0.05, 0.1) is 17.8 Å². The quantitative estimate of drug-likeness (QED) is 0.806. The van der Waals surface area contributed by atoms with Gasteiger partial charge in [-0.05, 0) is 50.0 Å². The molecule has 0 fully saturated rings. The zero-order valence-corrected chi connectivity index (χ0v) is 12.4. The van der Waals surface area contributed by atoms with Crippen LogP contribution in [-0.2, 0) is 14.3 Å². The third-order valence-corrected chi connectivity index (χ3v) is 4.42. The van der Waals surface area contributed by atoms with Crippen LogP contribution in [0.2, 0.25) is 0 Å². The third-order valence-electron chi connectivity index (χ3n) is 4.42. The summed E-state index contributed by atoms with van der Waals surface area (Å²) in [4.78, 5) is 23.7. The minimum absolute atomic E-state index is 0.225. The molecule has 0 amide bonds. The Hall–Kier alpha value is -1.58. The van der Waals surface area contributed by atoms with Gasteiger partial charge in [0.15, 0.2) is 0 Å². The number of rotatable bonds is 3. The molecule has 2 rings (SSSR count). The summed E-state index contributed by atoms with van der Waals surface area (Å²) in [5.74, 6) is -0.806. The smallest absolute Gasteiger partial charge is 0.338 e. The summed E-state index contributed by atoms with van der Waals surface area (Å²) in [6.07, 6.45) is 3.29. The van der Waals surface area contributed by atoms with Crippen LogP contribution in [0.4, 0.5) is 0 Å². The van der Waals surface area contributed by atoms with E-state index in [0.717, 1.165) is 24.8 Å². The standard InChI is InChI=1S/C16H22O4/c1-4-20-16(19)14-12(15(17)18)8-7-11-9(2)5-6-10(3)13(11)14/h9-10H,4-8H2,1-3H3,(H,17,18). The number of esters is 1. The van der Waals surface area contributed by atoms with Crippen LogP contribution in [0.5, 0.6) is 0 Å². The van der Waals surface area contributed by atoms with Crippen molar-refractivity contribution in [2.24, 2.45) is 11.8 Å². The second kappa shape index (κ2) is 5.81. The summed E-state index contributed by atoms with van der Waals surface area (Å²) >= 11 is 0. The lowest BCUT2D eigenvalue weighted by Gasteiger charge is -2.35. The Labute approximate surface area is 119 Å². The van der Waals surface area contributed by atoms with Crippen molar-refractivity contribution in [1.82, 2.24) is 0 Å². The van der Waals surface area contributed by atoms with E-state index in [4.69, 9.17) is 4.74 Å². The van der Waals surface area contributed by atoms with E-state index < -0.39 is 11.9 Å². The SMILES string of the molecule is CCOC(=O)C1=C(C(=O)O)CCC2=C1C(C)CCC2C. The van der Waals surface area contributed by atoms with E-state index >= 15 is 0 Å². The lowest BCUT2D eigenvalue weighted by molar-refractivity contribution is -0.140. The molecule has 2 atom stereocenters. The van der Waals surface area contributed by atoms with Crippen LogP contribution >= 0.6 is 0 Å². The van der Waals surface area contributed by atoms with Gasteiger partial charge < -0.3 is 9.84 Å². The van der Waals surface area contributed by atoms with Crippen molar-refractivity contribution in [3.05, 3.63) is 22.3 Å². The molecule has 0 aromatic heterocycles. The Bertz CT molecular complexity index is 499. The maximum Gasteiger partial charge on any atom is 0.338 e. The highest BCUT2D eigenvalue weighted by Crippen LogP contribution is 2.44. The Balaban J connectivity index is 2.56. The van der Waals surface area contributed by atoms with Crippen molar-refractivity contribution in [3.8, 4) is 0 Å². The van der Waals surface area contributed by atoms with Crippen LogP contribution in [-0.4, -0.2) is 23.7 Å². The predicted octanol–water partition coefficient (Wildman–Crippen LogP) is 3.09. The molecule has 2 aliphatic rings. The maximum atomic E-state index is 12.2. The van der Waals surface area contributed by atoms with Crippen molar-refractivity contribution in [2.75, 3.05) is 6.61 Å². The number of aliphatic carboxylic acids is 1. The van der Waals surface area contributed by atoms with Gasteiger partial charge >= 0.3 is 11.9 Å². The first-order valence-electron chi connectivity index (χ1n) is 7.34. The number of ether oxygens (including phenoxy) is 1. The van der Waals surface area contributed by atoms with Crippen molar-refractivity contribution in [2.45, 2.75) is 46.5 Å². The van der Waals surface area contributed by atoms with Gasteiger partial charge in [0.2, 0.25) is 0 Å². The molecule has 0 bridgehead atoms. The summed E-state index contributed by atoms with van der Waals surface area (Å²) in [5, 5.41) is 9.38. The van der Waals surface area contributed by atoms with Gasteiger partial charge in [0.1, 0.15) is 0 Å². The Morgan fingerprint density at radius 2 is 1.85 bits per heavy atom. The average Bonchev–Trinajstić information content (AvgIpc) is 2.41. The minimum Gasteiger partial charge on any atom is -0.478 e. The van der Waals surface area contributed by atoms with Crippen molar-refractivity contribution in [3.63, 3.8) is 0 Å².